The lowest BCUT2D eigenvalue weighted by atomic mass is 9.98. The lowest BCUT2D eigenvalue weighted by Gasteiger charge is -2.05. The number of hydrogen-bond acceptors (Lipinski definition) is 2. The van der Waals surface area contributed by atoms with Crippen LogP contribution in [0.1, 0.15) is 20.7 Å². The van der Waals surface area contributed by atoms with Gasteiger partial charge in [-0.25, -0.2) is 14.0 Å². The van der Waals surface area contributed by atoms with E-state index < -0.39 is 11.9 Å². The molecule has 3 aromatic rings. The molecule has 22 heavy (non-hydrogen) atoms. The Balaban J connectivity index is 2.21. The fraction of sp³-hybridized carbons (Fsp3) is 0. The highest BCUT2D eigenvalue weighted by atomic mass is 19.1. The maximum absolute atomic E-state index is 13.2. The fourth-order valence-electron chi connectivity index (χ4n) is 2.41. The van der Waals surface area contributed by atoms with Gasteiger partial charge in [0.15, 0.2) is 0 Å². The van der Waals surface area contributed by atoms with Gasteiger partial charge in [-0.3, -0.25) is 0 Å². The monoisotopic (exact) mass is 299 g/mol. The van der Waals surface area contributed by atoms with Gasteiger partial charge in [0.1, 0.15) is 5.82 Å². The Bertz CT molecular complexity index is 914. The van der Waals surface area contributed by atoms with Crippen LogP contribution in [0.4, 0.5) is 4.39 Å². The number of fused-ring (bicyclic) bond motifs is 1. The third kappa shape index (κ3) is 2.20. The molecule has 1 aromatic heterocycles. The van der Waals surface area contributed by atoms with Gasteiger partial charge >= 0.3 is 11.9 Å². The second-order valence-electron chi connectivity index (χ2n) is 4.76. The zero-order chi connectivity index (χ0) is 15.9. The zero-order valence-electron chi connectivity index (χ0n) is 11.1. The summed E-state index contributed by atoms with van der Waals surface area (Å²) in [5.41, 5.74) is 1.23. The van der Waals surface area contributed by atoms with Crippen molar-refractivity contribution in [1.82, 2.24) is 4.98 Å². The smallest absolute Gasteiger partial charge is 0.336 e. The summed E-state index contributed by atoms with van der Waals surface area (Å²) in [6.07, 6.45) is 1.63. The molecule has 0 fully saturated rings. The van der Waals surface area contributed by atoms with Gasteiger partial charge < -0.3 is 15.2 Å². The Kier molecular flexibility index (Phi) is 3.14. The third-order valence-electron chi connectivity index (χ3n) is 3.44. The number of aromatic amines is 1. The molecule has 0 aliphatic heterocycles. The summed E-state index contributed by atoms with van der Waals surface area (Å²) in [4.78, 5) is 25.2. The summed E-state index contributed by atoms with van der Waals surface area (Å²) < 4.78 is 13.2. The average Bonchev–Trinajstić information content (AvgIpc) is 2.89. The largest absolute Gasteiger partial charge is 0.478 e. The van der Waals surface area contributed by atoms with Gasteiger partial charge in [-0.05, 0) is 35.9 Å². The number of carboxylic acid groups (broad SMARTS) is 2. The van der Waals surface area contributed by atoms with Crippen LogP contribution in [-0.2, 0) is 0 Å². The van der Waals surface area contributed by atoms with E-state index in [1.54, 1.807) is 12.3 Å². The van der Waals surface area contributed by atoms with Crippen LogP contribution in [0.15, 0.2) is 42.6 Å². The molecular formula is C16H10FNO4. The fourth-order valence-corrected chi connectivity index (χ4v) is 2.41. The van der Waals surface area contributed by atoms with Crippen molar-refractivity contribution < 1.29 is 24.2 Å². The molecule has 2 aromatic carbocycles. The Morgan fingerprint density at radius 3 is 2.36 bits per heavy atom. The van der Waals surface area contributed by atoms with Gasteiger partial charge in [0.2, 0.25) is 0 Å². The maximum atomic E-state index is 13.2. The number of nitrogens with one attached hydrogen (secondary N) is 1. The summed E-state index contributed by atoms with van der Waals surface area (Å²) in [6.45, 7) is 0. The predicted molar refractivity (Wildman–Crippen MR) is 77.6 cm³/mol. The first-order chi connectivity index (χ1) is 10.5. The number of hydrogen-bond donors (Lipinski definition) is 3. The van der Waals surface area contributed by atoms with Crippen molar-refractivity contribution in [3.8, 4) is 11.1 Å². The molecule has 5 nitrogen and oxygen atoms in total. The minimum atomic E-state index is -1.31. The number of aromatic carboxylic acids is 2. The Morgan fingerprint density at radius 2 is 1.68 bits per heavy atom. The van der Waals surface area contributed by atoms with Crippen molar-refractivity contribution in [2.45, 2.75) is 0 Å². The molecule has 0 saturated heterocycles. The molecule has 1 heterocycles. The second kappa shape index (κ2) is 5.00. The second-order valence-corrected chi connectivity index (χ2v) is 4.76. The summed E-state index contributed by atoms with van der Waals surface area (Å²) in [6, 6.07) is 8.32. The van der Waals surface area contributed by atoms with Gasteiger partial charge in [0.25, 0.3) is 0 Å². The zero-order valence-corrected chi connectivity index (χ0v) is 11.1. The molecule has 0 spiro atoms. The molecule has 110 valence electrons. The van der Waals surface area contributed by atoms with Crippen molar-refractivity contribution in [1.29, 1.82) is 0 Å². The average molecular weight is 299 g/mol. The quantitative estimate of drug-likeness (QED) is 0.691. The minimum absolute atomic E-state index is 0.276. The van der Waals surface area contributed by atoms with Crippen molar-refractivity contribution in [3.63, 3.8) is 0 Å². The molecule has 0 aliphatic carbocycles. The van der Waals surface area contributed by atoms with E-state index in [2.05, 4.69) is 4.98 Å². The number of aromatic nitrogens is 1. The number of carboxylic acids is 2. The predicted octanol–water partition coefficient (Wildman–Crippen LogP) is 3.37. The molecule has 0 bridgehead atoms. The van der Waals surface area contributed by atoms with Crippen LogP contribution >= 0.6 is 0 Å². The Labute approximate surface area is 123 Å². The summed E-state index contributed by atoms with van der Waals surface area (Å²) >= 11 is 0. The first kappa shape index (κ1) is 13.8. The van der Waals surface area contributed by atoms with E-state index in [-0.39, 0.29) is 16.9 Å². The molecule has 6 heteroatoms. The number of rotatable bonds is 3. The van der Waals surface area contributed by atoms with Crippen LogP contribution in [0.25, 0.3) is 22.0 Å². The van der Waals surface area contributed by atoms with Crippen LogP contribution in [0.3, 0.4) is 0 Å². The highest BCUT2D eigenvalue weighted by Gasteiger charge is 2.17. The molecule has 0 aliphatic rings. The van der Waals surface area contributed by atoms with Gasteiger partial charge in [-0.2, -0.15) is 0 Å². The van der Waals surface area contributed by atoms with Crippen LogP contribution in [0.5, 0.6) is 0 Å². The van der Waals surface area contributed by atoms with Gasteiger partial charge in [0, 0.05) is 22.7 Å². The highest BCUT2D eigenvalue weighted by molar-refractivity contribution is 6.04. The van der Waals surface area contributed by atoms with E-state index in [1.165, 1.54) is 30.3 Å². The van der Waals surface area contributed by atoms with Crippen molar-refractivity contribution in [2.75, 3.05) is 0 Å². The number of benzene rings is 2. The molecule has 3 N–H and O–H groups in total. The molecule has 0 saturated carbocycles. The summed E-state index contributed by atoms with van der Waals surface area (Å²) in [5, 5.41) is 18.9. The molecule has 0 radical (unpaired) electrons. The van der Waals surface area contributed by atoms with Crippen molar-refractivity contribution in [2.24, 2.45) is 0 Å². The molecule has 3 rings (SSSR count). The normalized spacial score (nSPS) is 10.8. The number of H-pyrrole nitrogens is 1. The molecule has 0 atom stereocenters. The van der Waals surface area contributed by atoms with Gasteiger partial charge in [-0.15, -0.1) is 0 Å². The van der Waals surface area contributed by atoms with E-state index in [9.17, 15) is 14.0 Å². The van der Waals surface area contributed by atoms with Crippen molar-refractivity contribution in [3.05, 3.63) is 59.5 Å². The number of halogens is 1. The third-order valence-corrected chi connectivity index (χ3v) is 3.44. The minimum Gasteiger partial charge on any atom is -0.478 e. The number of carbonyl (C=O) groups is 2. The Hall–Kier alpha value is -3.15. The summed E-state index contributed by atoms with van der Waals surface area (Å²) in [5.74, 6) is -3.00. The van der Waals surface area contributed by atoms with Gasteiger partial charge in [0.05, 0.1) is 11.1 Å². The highest BCUT2D eigenvalue weighted by Crippen LogP contribution is 2.30. The molecule has 0 amide bonds. The lowest BCUT2D eigenvalue weighted by Crippen LogP contribution is -2.07. The van der Waals surface area contributed by atoms with Crippen LogP contribution < -0.4 is 0 Å². The standard InChI is InChI=1S/C16H10FNO4/c17-9-2-4-10-13(7-18-14(10)6-9)8-1-3-11(15(19)20)12(5-8)16(21)22/h1-7,18H,(H,19,20)(H,21,22). The van der Waals surface area contributed by atoms with Crippen LogP contribution in [0, 0.1) is 5.82 Å². The van der Waals surface area contributed by atoms with Crippen LogP contribution in [-0.4, -0.2) is 27.1 Å². The lowest BCUT2D eigenvalue weighted by molar-refractivity contribution is 0.0651. The van der Waals surface area contributed by atoms with Gasteiger partial charge in [-0.1, -0.05) is 6.07 Å². The Morgan fingerprint density at radius 1 is 0.955 bits per heavy atom. The first-order valence-corrected chi connectivity index (χ1v) is 6.35. The van der Waals surface area contributed by atoms with E-state index in [4.69, 9.17) is 10.2 Å². The molecule has 0 unspecified atom stereocenters. The van der Waals surface area contributed by atoms with Crippen molar-refractivity contribution >= 4 is 22.8 Å². The summed E-state index contributed by atoms with van der Waals surface area (Å²) in [7, 11) is 0. The first-order valence-electron chi connectivity index (χ1n) is 6.35. The van der Waals surface area contributed by atoms with E-state index in [0.717, 1.165) is 5.39 Å². The SMILES string of the molecule is O=C(O)c1ccc(-c2c[nH]c3cc(F)ccc23)cc1C(=O)O. The van der Waals surface area contributed by atoms with E-state index in [1.807, 2.05) is 0 Å². The van der Waals surface area contributed by atoms with E-state index in [0.29, 0.717) is 16.6 Å². The van der Waals surface area contributed by atoms with E-state index >= 15 is 0 Å². The van der Waals surface area contributed by atoms with Crippen LogP contribution in [0.2, 0.25) is 0 Å². The molecular weight excluding hydrogens is 289 g/mol. The maximum Gasteiger partial charge on any atom is 0.336 e. The topological polar surface area (TPSA) is 90.4 Å².